The van der Waals surface area contributed by atoms with Crippen molar-refractivity contribution < 1.29 is 24.2 Å². The number of rotatable bonds is 5. The number of carbonyl (C=O) groups is 2. The molecule has 1 aliphatic heterocycles. The molecular weight excluding hydrogens is 363 g/mol. The number of halogens is 1. The minimum Gasteiger partial charge on any atom is -0.481 e. The highest BCUT2D eigenvalue weighted by Crippen LogP contribution is 2.38. The molecule has 1 amide bonds. The first-order valence-electron chi connectivity index (χ1n) is 9.53. The van der Waals surface area contributed by atoms with Gasteiger partial charge in [0.05, 0.1) is 6.10 Å². The van der Waals surface area contributed by atoms with Crippen molar-refractivity contribution in [2.24, 2.45) is 5.41 Å². The first kappa shape index (κ1) is 18.7. The number of carboxylic acids is 1. The Labute approximate surface area is 162 Å². The predicted octanol–water partition coefficient (Wildman–Crippen LogP) is 2.48. The molecule has 0 bridgehead atoms. The lowest BCUT2D eigenvalue weighted by atomic mass is 9.72. The number of aliphatic hydroxyl groups excluding tert-OH is 1. The van der Waals surface area contributed by atoms with Gasteiger partial charge in [-0.1, -0.05) is 12.1 Å². The van der Waals surface area contributed by atoms with Crippen molar-refractivity contribution in [1.29, 1.82) is 0 Å². The van der Waals surface area contributed by atoms with Gasteiger partial charge in [0.2, 0.25) is 0 Å². The maximum atomic E-state index is 13.6. The zero-order valence-electron chi connectivity index (χ0n) is 15.4. The van der Waals surface area contributed by atoms with Gasteiger partial charge in [0.15, 0.2) is 0 Å². The van der Waals surface area contributed by atoms with E-state index in [1.807, 2.05) is 16.8 Å². The predicted molar refractivity (Wildman–Crippen MR) is 99.4 cm³/mol. The third-order valence-corrected chi connectivity index (χ3v) is 5.84. The highest BCUT2D eigenvalue weighted by atomic mass is 19.1. The molecule has 7 heteroatoms. The minimum atomic E-state index is -1.57. The van der Waals surface area contributed by atoms with E-state index in [-0.39, 0.29) is 31.8 Å². The summed E-state index contributed by atoms with van der Waals surface area (Å²) in [4.78, 5) is 26.8. The van der Waals surface area contributed by atoms with E-state index in [0.717, 1.165) is 12.8 Å². The number of aliphatic carboxylic acids is 1. The number of piperidine rings is 1. The van der Waals surface area contributed by atoms with Gasteiger partial charge in [0.1, 0.15) is 16.9 Å². The Bertz CT molecular complexity index is 907. The quantitative estimate of drug-likeness (QED) is 0.827. The van der Waals surface area contributed by atoms with Crippen LogP contribution in [0.5, 0.6) is 0 Å². The van der Waals surface area contributed by atoms with Crippen LogP contribution in [0.3, 0.4) is 0 Å². The minimum absolute atomic E-state index is 0.0469. The number of carboxylic acid groups (broad SMARTS) is 1. The molecule has 0 radical (unpaired) electrons. The van der Waals surface area contributed by atoms with E-state index < -0.39 is 23.3 Å². The average Bonchev–Trinajstić information content (AvgIpc) is 3.39. The van der Waals surface area contributed by atoms with Crippen molar-refractivity contribution in [3.8, 4) is 0 Å². The average molecular weight is 386 g/mol. The molecule has 1 aliphatic carbocycles. The summed E-state index contributed by atoms with van der Waals surface area (Å²) in [6, 6.07) is 9.62. The maximum Gasteiger partial charge on any atom is 0.314 e. The van der Waals surface area contributed by atoms with Crippen LogP contribution in [-0.2, 0) is 11.2 Å². The largest absolute Gasteiger partial charge is 0.481 e. The molecular formula is C21H23FN2O4. The van der Waals surface area contributed by atoms with Gasteiger partial charge in [-0.3, -0.25) is 9.59 Å². The van der Waals surface area contributed by atoms with Crippen molar-refractivity contribution in [3.05, 3.63) is 59.7 Å². The van der Waals surface area contributed by atoms with Gasteiger partial charge in [0.25, 0.3) is 5.91 Å². The Kier molecular flexibility index (Phi) is 4.71. The van der Waals surface area contributed by atoms with E-state index in [0.29, 0.717) is 17.3 Å². The number of amides is 1. The second-order valence-corrected chi connectivity index (χ2v) is 7.83. The van der Waals surface area contributed by atoms with Crippen molar-refractivity contribution in [3.63, 3.8) is 0 Å². The Morgan fingerprint density at radius 3 is 2.64 bits per heavy atom. The molecule has 2 aliphatic rings. The summed E-state index contributed by atoms with van der Waals surface area (Å²) < 4.78 is 15.5. The molecule has 1 aromatic heterocycles. The van der Waals surface area contributed by atoms with Crippen LogP contribution in [0.25, 0.3) is 0 Å². The van der Waals surface area contributed by atoms with Crippen molar-refractivity contribution in [1.82, 2.24) is 9.47 Å². The van der Waals surface area contributed by atoms with Gasteiger partial charge >= 0.3 is 5.97 Å². The van der Waals surface area contributed by atoms with E-state index in [9.17, 15) is 24.2 Å². The van der Waals surface area contributed by atoms with Gasteiger partial charge in [0, 0.05) is 25.3 Å². The van der Waals surface area contributed by atoms with Crippen molar-refractivity contribution in [2.75, 3.05) is 13.1 Å². The number of hydrogen-bond donors (Lipinski definition) is 2. The van der Waals surface area contributed by atoms with E-state index in [1.54, 1.807) is 12.1 Å². The molecule has 148 valence electrons. The highest BCUT2D eigenvalue weighted by Gasteiger charge is 2.50. The van der Waals surface area contributed by atoms with Gasteiger partial charge in [-0.25, -0.2) is 4.39 Å². The maximum absolute atomic E-state index is 13.6. The Hall–Kier alpha value is -2.67. The first-order valence-corrected chi connectivity index (χ1v) is 9.53. The van der Waals surface area contributed by atoms with Crippen LogP contribution in [0, 0.1) is 11.2 Å². The topological polar surface area (TPSA) is 82.8 Å². The lowest BCUT2D eigenvalue weighted by Crippen LogP contribution is -2.58. The second-order valence-electron chi connectivity index (χ2n) is 7.83. The molecule has 2 atom stereocenters. The smallest absolute Gasteiger partial charge is 0.314 e. The van der Waals surface area contributed by atoms with Crippen LogP contribution in [0.15, 0.2) is 42.6 Å². The van der Waals surface area contributed by atoms with Crippen LogP contribution in [0.2, 0.25) is 0 Å². The lowest BCUT2D eigenvalue weighted by molar-refractivity contribution is -0.161. The summed E-state index contributed by atoms with van der Waals surface area (Å²) in [5.74, 6) is -1.87. The third-order valence-electron chi connectivity index (χ3n) is 5.84. The summed E-state index contributed by atoms with van der Waals surface area (Å²) >= 11 is 0. The molecule has 0 unspecified atom stereocenters. The van der Waals surface area contributed by atoms with E-state index in [4.69, 9.17) is 0 Å². The number of nitrogens with zero attached hydrogens (tertiary/aromatic N) is 2. The number of aliphatic hydroxyl groups is 1. The number of likely N-dealkylation sites (tertiary alicyclic amines) is 1. The molecule has 4 rings (SSSR count). The third kappa shape index (κ3) is 3.30. The number of carbonyl (C=O) groups excluding carboxylic acids is 1. The monoisotopic (exact) mass is 386 g/mol. The summed E-state index contributed by atoms with van der Waals surface area (Å²) in [6.07, 6.45) is 2.94. The van der Waals surface area contributed by atoms with Crippen molar-refractivity contribution in [2.45, 2.75) is 37.8 Å². The molecule has 2 fully saturated rings. The fourth-order valence-electron chi connectivity index (χ4n) is 4.13. The van der Waals surface area contributed by atoms with Crippen LogP contribution < -0.4 is 0 Å². The molecule has 2 aromatic rings. The normalized spacial score (nSPS) is 24.9. The number of hydrogen-bond acceptors (Lipinski definition) is 3. The highest BCUT2D eigenvalue weighted by molar-refractivity contribution is 5.93. The Morgan fingerprint density at radius 1 is 1.18 bits per heavy atom. The standard InChI is InChI=1S/C21H23FN2O4/c22-15-4-1-3-14(11-15)12-21(20(27)28)13-23(10-8-18(21)25)19(26)17-5-2-9-24(17)16-6-7-16/h1-5,9,11,16,18,25H,6-8,10,12-13H2,(H,27,28)/t18-,21+/m0/s1. The fourth-order valence-corrected chi connectivity index (χ4v) is 4.13. The summed E-state index contributed by atoms with van der Waals surface area (Å²) in [6.45, 7) is 0.169. The van der Waals surface area contributed by atoms with E-state index in [2.05, 4.69) is 0 Å². The van der Waals surface area contributed by atoms with Gasteiger partial charge in [-0.05, 0) is 55.5 Å². The molecule has 2 heterocycles. The van der Waals surface area contributed by atoms with Gasteiger partial charge < -0.3 is 19.7 Å². The fraction of sp³-hybridized carbons (Fsp3) is 0.429. The molecule has 1 aromatic carbocycles. The van der Waals surface area contributed by atoms with Crippen LogP contribution in [0.4, 0.5) is 4.39 Å². The second kappa shape index (κ2) is 7.05. The molecule has 2 N–H and O–H groups in total. The summed E-state index contributed by atoms with van der Waals surface area (Å²) in [7, 11) is 0. The van der Waals surface area contributed by atoms with E-state index >= 15 is 0 Å². The van der Waals surface area contributed by atoms with Crippen LogP contribution in [-0.4, -0.2) is 50.8 Å². The zero-order valence-corrected chi connectivity index (χ0v) is 15.4. The van der Waals surface area contributed by atoms with Crippen molar-refractivity contribution >= 4 is 11.9 Å². The van der Waals surface area contributed by atoms with Crippen LogP contribution >= 0.6 is 0 Å². The lowest BCUT2D eigenvalue weighted by Gasteiger charge is -2.43. The molecule has 1 saturated heterocycles. The SMILES string of the molecule is O=C(c1cccn1C1CC1)N1CC[C@H](O)[C@](Cc2cccc(F)c2)(C(=O)O)C1. The number of aromatic nitrogens is 1. The van der Waals surface area contributed by atoms with Gasteiger partial charge in [-0.2, -0.15) is 0 Å². The Balaban J connectivity index is 1.62. The van der Waals surface area contributed by atoms with Gasteiger partial charge in [-0.15, -0.1) is 0 Å². The number of benzene rings is 1. The first-order chi connectivity index (χ1) is 13.4. The summed E-state index contributed by atoms with van der Waals surface area (Å²) in [5.41, 5.74) is -0.542. The Morgan fingerprint density at radius 2 is 1.96 bits per heavy atom. The summed E-state index contributed by atoms with van der Waals surface area (Å²) in [5, 5.41) is 20.6. The molecule has 1 saturated carbocycles. The molecule has 28 heavy (non-hydrogen) atoms. The molecule has 0 spiro atoms. The molecule has 6 nitrogen and oxygen atoms in total. The van der Waals surface area contributed by atoms with E-state index in [1.165, 1.54) is 23.1 Å². The van der Waals surface area contributed by atoms with Crippen LogP contribution in [0.1, 0.15) is 41.4 Å². The zero-order chi connectivity index (χ0) is 19.9.